The summed E-state index contributed by atoms with van der Waals surface area (Å²) >= 11 is 0. The number of imidazole rings is 1. The van der Waals surface area contributed by atoms with Crippen LogP contribution in [0.4, 0.5) is 5.82 Å². The number of ether oxygens (including phenoxy) is 2. The van der Waals surface area contributed by atoms with E-state index in [1.165, 1.54) is 12.7 Å². The first kappa shape index (κ1) is 24.1. The number of rotatable bonds is 6. The number of esters is 2. The first-order chi connectivity index (χ1) is 17.8. The van der Waals surface area contributed by atoms with Gasteiger partial charge in [0.05, 0.1) is 23.5 Å². The van der Waals surface area contributed by atoms with Crippen LogP contribution in [-0.4, -0.2) is 55.4 Å². The number of nitrogens with two attached hydrogens (primary N) is 1. The number of carbonyl (C=O) groups excluding carboxylic acids is 2. The highest BCUT2D eigenvalue weighted by atomic mass is 16.6. The molecule has 2 aromatic carbocycles. The Labute approximate surface area is 212 Å². The third-order valence-corrected chi connectivity index (χ3v) is 6.30. The maximum absolute atomic E-state index is 12.9. The Morgan fingerprint density at radius 3 is 2.22 bits per heavy atom. The van der Waals surface area contributed by atoms with E-state index in [-0.39, 0.29) is 12.4 Å². The average Bonchev–Trinajstić information content (AvgIpc) is 3.45. The van der Waals surface area contributed by atoms with Crippen molar-refractivity contribution in [3.63, 3.8) is 0 Å². The van der Waals surface area contributed by atoms with Gasteiger partial charge in [-0.15, -0.1) is 0 Å². The molecule has 3 unspecified atom stereocenters. The lowest BCUT2D eigenvalue weighted by Crippen LogP contribution is -2.34. The molecule has 0 fully saturated rings. The highest BCUT2D eigenvalue weighted by Gasteiger charge is 2.41. The van der Waals surface area contributed by atoms with E-state index in [1.54, 1.807) is 47.0 Å². The summed E-state index contributed by atoms with van der Waals surface area (Å²) in [6.45, 7) is 3.65. The van der Waals surface area contributed by atoms with Crippen molar-refractivity contribution >= 4 is 28.9 Å². The summed E-state index contributed by atoms with van der Waals surface area (Å²) in [6, 6.07) is 13.2. The van der Waals surface area contributed by atoms with Crippen molar-refractivity contribution < 1.29 is 24.2 Å². The van der Waals surface area contributed by atoms with Crippen molar-refractivity contribution in [3.05, 3.63) is 95.1 Å². The molecule has 0 saturated heterocycles. The fourth-order valence-electron chi connectivity index (χ4n) is 4.21. The second-order valence-corrected chi connectivity index (χ2v) is 8.94. The van der Waals surface area contributed by atoms with Gasteiger partial charge in [-0.25, -0.2) is 24.5 Å². The third kappa shape index (κ3) is 4.78. The summed E-state index contributed by atoms with van der Waals surface area (Å²) in [4.78, 5) is 38.0. The Balaban J connectivity index is 1.43. The number of aromatic nitrogens is 4. The smallest absolute Gasteiger partial charge is 0.338 e. The van der Waals surface area contributed by atoms with Crippen molar-refractivity contribution in [1.82, 2.24) is 19.5 Å². The minimum atomic E-state index is -1.20. The van der Waals surface area contributed by atoms with E-state index in [0.29, 0.717) is 27.9 Å². The number of benzene rings is 2. The number of carbonyl (C=O) groups is 2. The molecule has 1 aliphatic carbocycles. The molecule has 0 amide bonds. The molecule has 1 aliphatic rings. The Bertz CT molecular complexity index is 1490. The van der Waals surface area contributed by atoms with Gasteiger partial charge in [-0.1, -0.05) is 41.5 Å². The fraction of sp³-hybridized carbons (Fsp3) is 0.222. The van der Waals surface area contributed by atoms with Gasteiger partial charge in [-0.3, -0.25) is 0 Å². The van der Waals surface area contributed by atoms with E-state index in [1.807, 2.05) is 26.0 Å². The van der Waals surface area contributed by atoms with E-state index < -0.39 is 30.2 Å². The molecule has 2 heterocycles. The number of anilines is 1. The van der Waals surface area contributed by atoms with Crippen molar-refractivity contribution in [2.45, 2.75) is 32.1 Å². The zero-order valence-corrected chi connectivity index (χ0v) is 20.2. The molecule has 188 valence electrons. The van der Waals surface area contributed by atoms with Crippen LogP contribution in [0.2, 0.25) is 0 Å². The number of fused-ring (bicyclic) bond motifs is 1. The molecule has 3 atom stereocenters. The molecule has 0 bridgehead atoms. The number of aliphatic hydroxyl groups is 1. The van der Waals surface area contributed by atoms with Crippen LogP contribution in [0, 0.1) is 13.8 Å². The first-order valence-electron chi connectivity index (χ1n) is 11.6. The zero-order valence-electron chi connectivity index (χ0n) is 20.2. The second kappa shape index (κ2) is 9.82. The van der Waals surface area contributed by atoms with Crippen molar-refractivity contribution in [1.29, 1.82) is 0 Å². The Morgan fingerprint density at radius 1 is 0.946 bits per heavy atom. The van der Waals surface area contributed by atoms with Crippen molar-refractivity contribution in [3.8, 4) is 0 Å². The number of nitrogen functional groups attached to an aromatic ring is 1. The SMILES string of the molecule is Cc1ccc(C(=O)OCC2=CC(n3cnc4c(N)ncnc43)C(O)C2OC(=O)c2ccc(C)cc2)cc1. The molecule has 0 aliphatic heterocycles. The van der Waals surface area contributed by atoms with Crippen molar-refractivity contribution in [2.24, 2.45) is 0 Å². The number of hydrogen-bond donors (Lipinski definition) is 2. The molecule has 37 heavy (non-hydrogen) atoms. The molecule has 10 heteroatoms. The van der Waals surface area contributed by atoms with Gasteiger partial charge in [0.1, 0.15) is 24.6 Å². The lowest BCUT2D eigenvalue weighted by atomic mass is 10.1. The molecular weight excluding hydrogens is 474 g/mol. The van der Waals surface area contributed by atoms with E-state index in [4.69, 9.17) is 15.2 Å². The monoisotopic (exact) mass is 499 g/mol. The minimum absolute atomic E-state index is 0.185. The lowest BCUT2D eigenvalue weighted by molar-refractivity contribution is -0.0106. The van der Waals surface area contributed by atoms with Gasteiger partial charge in [-0.2, -0.15) is 0 Å². The van der Waals surface area contributed by atoms with Gasteiger partial charge in [0.15, 0.2) is 17.6 Å². The highest BCUT2D eigenvalue weighted by Crippen LogP contribution is 2.34. The van der Waals surface area contributed by atoms with Gasteiger partial charge in [0.25, 0.3) is 0 Å². The predicted molar refractivity (Wildman–Crippen MR) is 135 cm³/mol. The number of aliphatic hydroxyl groups excluding tert-OH is 1. The second-order valence-electron chi connectivity index (χ2n) is 8.94. The molecule has 3 N–H and O–H groups in total. The maximum atomic E-state index is 12.9. The van der Waals surface area contributed by atoms with Gasteiger partial charge < -0.3 is 24.9 Å². The highest BCUT2D eigenvalue weighted by molar-refractivity contribution is 5.90. The summed E-state index contributed by atoms with van der Waals surface area (Å²) in [5.41, 5.74) is 9.88. The van der Waals surface area contributed by atoms with Crippen LogP contribution in [0.5, 0.6) is 0 Å². The van der Waals surface area contributed by atoms with Gasteiger partial charge >= 0.3 is 11.9 Å². The first-order valence-corrected chi connectivity index (χ1v) is 11.6. The Kier molecular flexibility index (Phi) is 6.41. The Hall–Kier alpha value is -4.57. The van der Waals surface area contributed by atoms with Gasteiger partial charge in [0.2, 0.25) is 0 Å². The van der Waals surface area contributed by atoms with E-state index in [2.05, 4.69) is 15.0 Å². The summed E-state index contributed by atoms with van der Waals surface area (Å²) < 4.78 is 12.9. The summed E-state index contributed by atoms with van der Waals surface area (Å²) in [7, 11) is 0. The lowest BCUT2D eigenvalue weighted by Gasteiger charge is -2.23. The molecule has 0 radical (unpaired) electrons. The fourth-order valence-corrected chi connectivity index (χ4v) is 4.21. The standard InChI is InChI=1S/C27H25N5O5/c1-15-3-7-17(8-4-15)26(34)36-12-19-11-20(32-14-31-21-24(28)29-13-30-25(21)32)22(33)23(19)37-27(35)18-9-5-16(2)6-10-18/h3-11,13-14,20,22-23,33H,12H2,1-2H3,(H2,28,29,30). The molecule has 2 aromatic heterocycles. The Morgan fingerprint density at radius 2 is 1.57 bits per heavy atom. The van der Waals surface area contributed by atoms with Crippen LogP contribution in [0.1, 0.15) is 37.9 Å². The molecule has 10 nitrogen and oxygen atoms in total. The average molecular weight is 500 g/mol. The number of nitrogens with zero attached hydrogens (tertiary/aromatic N) is 4. The summed E-state index contributed by atoms with van der Waals surface area (Å²) in [6.07, 6.45) is 2.22. The summed E-state index contributed by atoms with van der Waals surface area (Å²) in [5.74, 6) is -0.937. The van der Waals surface area contributed by atoms with E-state index >= 15 is 0 Å². The topological polar surface area (TPSA) is 142 Å². The van der Waals surface area contributed by atoms with Crippen LogP contribution in [0.15, 0.2) is 72.8 Å². The molecule has 5 rings (SSSR count). The minimum Gasteiger partial charge on any atom is -0.457 e. The van der Waals surface area contributed by atoms with E-state index in [9.17, 15) is 14.7 Å². The van der Waals surface area contributed by atoms with E-state index in [0.717, 1.165) is 11.1 Å². The van der Waals surface area contributed by atoms with Gasteiger partial charge in [0, 0.05) is 5.57 Å². The quantitative estimate of drug-likeness (QED) is 0.302. The molecule has 4 aromatic rings. The van der Waals surface area contributed by atoms with Crippen LogP contribution in [-0.2, 0) is 9.47 Å². The maximum Gasteiger partial charge on any atom is 0.338 e. The number of aryl methyl sites for hydroxylation is 2. The predicted octanol–water partition coefficient (Wildman–Crippen LogP) is 2.95. The van der Waals surface area contributed by atoms with Crippen molar-refractivity contribution in [2.75, 3.05) is 12.3 Å². The molecule has 0 spiro atoms. The van der Waals surface area contributed by atoms with Crippen LogP contribution in [0.3, 0.4) is 0 Å². The largest absolute Gasteiger partial charge is 0.457 e. The molecular formula is C27H25N5O5. The number of hydrogen-bond acceptors (Lipinski definition) is 9. The van der Waals surface area contributed by atoms with Crippen LogP contribution < -0.4 is 5.73 Å². The third-order valence-electron chi connectivity index (χ3n) is 6.30. The summed E-state index contributed by atoms with van der Waals surface area (Å²) in [5, 5.41) is 11.3. The van der Waals surface area contributed by atoms with Gasteiger partial charge in [-0.05, 0) is 38.1 Å². The zero-order chi connectivity index (χ0) is 26.1. The van der Waals surface area contributed by atoms with Crippen LogP contribution in [0.25, 0.3) is 11.2 Å². The molecule has 0 saturated carbocycles. The normalized spacial score (nSPS) is 19.0. The van der Waals surface area contributed by atoms with Crippen LogP contribution >= 0.6 is 0 Å².